The SMILES string of the molecule is CS(=O)(=O)N1CCC(C(=O)N2CCC[C@@H](Oc3ccncc3)C2)CC1. The Morgan fingerprint density at radius 2 is 1.84 bits per heavy atom. The number of hydrogen-bond acceptors (Lipinski definition) is 5. The third-order valence-corrected chi connectivity index (χ3v) is 6.22. The number of hydrogen-bond donors (Lipinski definition) is 0. The molecule has 0 aromatic carbocycles. The second-order valence-corrected chi connectivity index (χ2v) is 8.77. The normalized spacial score (nSPS) is 23.4. The molecule has 8 heteroatoms. The van der Waals surface area contributed by atoms with Crippen LogP contribution in [0.3, 0.4) is 0 Å². The highest BCUT2D eigenvalue weighted by Crippen LogP contribution is 2.24. The maximum absolute atomic E-state index is 12.8. The summed E-state index contributed by atoms with van der Waals surface area (Å²) in [5.74, 6) is 0.824. The number of sulfonamides is 1. The Bertz CT molecular complexity index is 687. The van der Waals surface area contributed by atoms with Gasteiger partial charge in [-0.1, -0.05) is 0 Å². The summed E-state index contributed by atoms with van der Waals surface area (Å²) in [6, 6.07) is 3.64. The van der Waals surface area contributed by atoms with Gasteiger partial charge in [-0.2, -0.15) is 0 Å². The second kappa shape index (κ2) is 7.70. The van der Waals surface area contributed by atoms with E-state index >= 15 is 0 Å². The van der Waals surface area contributed by atoms with E-state index in [4.69, 9.17) is 4.74 Å². The number of ether oxygens (including phenoxy) is 1. The Kier molecular flexibility index (Phi) is 5.58. The minimum atomic E-state index is -3.16. The van der Waals surface area contributed by atoms with Gasteiger partial charge < -0.3 is 9.64 Å². The molecule has 0 bridgehead atoms. The standard InChI is InChI=1S/C17H25N3O4S/c1-25(22,23)20-11-6-14(7-12-20)17(21)19-10-2-3-16(13-19)24-15-4-8-18-9-5-15/h4-5,8-9,14,16H,2-3,6-7,10-13H2,1H3/t16-/m1/s1. The highest BCUT2D eigenvalue weighted by atomic mass is 32.2. The third-order valence-electron chi connectivity index (χ3n) is 4.91. The van der Waals surface area contributed by atoms with Gasteiger partial charge in [-0.25, -0.2) is 12.7 Å². The van der Waals surface area contributed by atoms with Gasteiger partial charge in [-0.3, -0.25) is 9.78 Å². The maximum atomic E-state index is 12.8. The van der Waals surface area contributed by atoms with Crippen molar-refractivity contribution in [3.05, 3.63) is 24.5 Å². The van der Waals surface area contributed by atoms with E-state index < -0.39 is 10.0 Å². The van der Waals surface area contributed by atoms with E-state index in [9.17, 15) is 13.2 Å². The molecule has 0 radical (unpaired) electrons. The average Bonchev–Trinajstić information content (AvgIpc) is 2.61. The van der Waals surface area contributed by atoms with Gasteiger partial charge in [0.1, 0.15) is 11.9 Å². The first-order valence-corrected chi connectivity index (χ1v) is 10.6. The predicted molar refractivity (Wildman–Crippen MR) is 93.6 cm³/mol. The molecular weight excluding hydrogens is 342 g/mol. The van der Waals surface area contributed by atoms with Crippen molar-refractivity contribution < 1.29 is 17.9 Å². The number of likely N-dealkylation sites (tertiary alicyclic amines) is 1. The maximum Gasteiger partial charge on any atom is 0.225 e. The van der Waals surface area contributed by atoms with Crippen LogP contribution in [0.5, 0.6) is 5.75 Å². The van der Waals surface area contributed by atoms with Crippen LogP contribution in [0.25, 0.3) is 0 Å². The quantitative estimate of drug-likeness (QED) is 0.797. The Labute approximate surface area is 149 Å². The minimum Gasteiger partial charge on any atom is -0.488 e. The van der Waals surface area contributed by atoms with Crippen LogP contribution in [0.2, 0.25) is 0 Å². The van der Waals surface area contributed by atoms with E-state index in [1.165, 1.54) is 10.6 Å². The van der Waals surface area contributed by atoms with Crippen molar-refractivity contribution in [3.8, 4) is 5.75 Å². The molecule has 2 fully saturated rings. The molecule has 138 valence electrons. The monoisotopic (exact) mass is 367 g/mol. The highest BCUT2D eigenvalue weighted by Gasteiger charge is 2.33. The molecule has 0 saturated carbocycles. The largest absolute Gasteiger partial charge is 0.488 e. The molecule has 3 rings (SSSR count). The molecule has 1 aromatic heterocycles. The molecule has 7 nitrogen and oxygen atoms in total. The van der Waals surface area contributed by atoms with Crippen molar-refractivity contribution in [1.29, 1.82) is 0 Å². The summed E-state index contributed by atoms with van der Waals surface area (Å²) in [5.41, 5.74) is 0. The molecule has 0 N–H and O–H groups in total. The summed E-state index contributed by atoms with van der Waals surface area (Å²) < 4.78 is 30.6. The zero-order valence-corrected chi connectivity index (χ0v) is 15.3. The van der Waals surface area contributed by atoms with Crippen LogP contribution in [-0.2, 0) is 14.8 Å². The van der Waals surface area contributed by atoms with Crippen molar-refractivity contribution in [2.24, 2.45) is 5.92 Å². The fourth-order valence-corrected chi connectivity index (χ4v) is 4.41. The smallest absolute Gasteiger partial charge is 0.225 e. The van der Waals surface area contributed by atoms with Gasteiger partial charge in [0.25, 0.3) is 0 Å². The number of nitrogens with zero attached hydrogens (tertiary/aromatic N) is 3. The molecule has 25 heavy (non-hydrogen) atoms. The zero-order valence-electron chi connectivity index (χ0n) is 14.5. The first-order chi connectivity index (χ1) is 11.9. The van der Waals surface area contributed by atoms with E-state index in [1.54, 1.807) is 12.4 Å². The molecule has 2 aliphatic rings. The summed E-state index contributed by atoms with van der Waals surface area (Å²) >= 11 is 0. The topological polar surface area (TPSA) is 79.8 Å². The molecule has 3 heterocycles. The minimum absolute atomic E-state index is 0.00351. The van der Waals surface area contributed by atoms with Crippen LogP contribution in [0.1, 0.15) is 25.7 Å². The Balaban J connectivity index is 1.54. The van der Waals surface area contributed by atoms with Crippen LogP contribution < -0.4 is 4.74 Å². The van der Waals surface area contributed by atoms with Crippen molar-refractivity contribution in [2.45, 2.75) is 31.8 Å². The van der Waals surface area contributed by atoms with Gasteiger partial charge in [0, 0.05) is 37.9 Å². The van der Waals surface area contributed by atoms with Crippen molar-refractivity contribution in [3.63, 3.8) is 0 Å². The van der Waals surface area contributed by atoms with Crippen LogP contribution in [0.15, 0.2) is 24.5 Å². The van der Waals surface area contributed by atoms with E-state index in [-0.39, 0.29) is 17.9 Å². The third kappa shape index (κ3) is 4.70. The Morgan fingerprint density at radius 3 is 2.48 bits per heavy atom. The van der Waals surface area contributed by atoms with Gasteiger partial charge >= 0.3 is 0 Å². The van der Waals surface area contributed by atoms with Gasteiger partial charge in [0.2, 0.25) is 15.9 Å². The first-order valence-electron chi connectivity index (χ1n) is 8.74. The highest BCUT2D eigenvalue weighted by molar-refractivity contribution is 7.88. The van der Waals surface area contributed by atoms with E-state index in [2.05, 4.69) is 4.98 Å². The number of pyridine rings is 1. The zero-order chi connectivity index (χ0) is 17.9. The summed E-state index contributed by atoms with van der Waals surface area (Å²) in [7, 11) is -3.16. The summed E-state index contributed by atoms with van der Waals surface area (Å²) in [5, 5.41) is 0. The molecule has 2 saturated heterocycles. The number of rotatable bonds is 4. The molecule has 0 aliphatic carbocycles. The van der Waals surface area contributed by atoms with Crippen LogP contribution in [0, 0.1) is 5.92 Å². The lowest BCUT2D eigenvalue weighted by Crippen LogP contribution is -2.49. The average molecular weight is 367 g/mol. The fourth-order valence-electron chi connectivity index (χ4n) is 3.54. The second-order valence-electron chi connectivity index (χ2n) is 6.79. The molecule has 1 aromatic rings. The summed E-state index contributed by atoms with van der Waals surface area (Å²) in [6.45, 7) is 2.20. The predicted octanol–water partition coefficient (Wildman–Crippen LogP) is 1.12. The van der Waals surface area contributed by atoms with E-state index in [0.717, 1.165) is 25.1 Å². The van der Waals surface area contributed by atoms with Crippen molar-refractivity contribution >= 4 is 15.9 Å². The Hall–Kier alpha value is -1.67. The van der Waals surface area contributed by atoms with Gasteiger partial charge in [0.15, 0.2) is 0 Å². The van der Waals surface area contributed by atoms with Crippen LogP contribution >= 0.6 is 0 Å². The molecule has 0 unspecified atom stereocenters. The van der Waals surface area contributed by atoms with Gasteiger partial charge in [-0.15, -0.1) is 0 Å². The molecule has 1 amide bonds. The van der Waals surface area contributed by atoms with Crippen LogP contribution in [-0.4, -0.2) is 67.1 Å². The lowest BCUT2D eigenvalue weighted by Gasteiger charge is -2.37. The van der Waals surface area contributed by atoms with E-state index in [0.29, 0.717) is 32.5 Å². The molecule has 2 aliphatic heterocycles. The fraction of sp³-hybridized carbons (Fsp3) is 0.647. The first kappa shape index (κ1) is 18.1. The van der Waals surface area contributed by atoms with Crippen LogP contribution in [0.4, 0.5) is 0 Å². The molecular formula is C17H25N3O4S. The lowest BCUT2D eigenvalue weighted by atomic mass is 9.95. The summed E-state index contributed by atoms with van der Waals surface area (Å²) in [6.07, 6.45) is 7.64. The van der Waals surface area contributed by atoms with Crippen molar-refractivity contribution in [2.75, 3.05) is 32.4 Å². The molecule has 0 spiro atoms. The Morgan fingerprint density at radius 1 is 1.16 bits per heavy atom. The van der Waals surface area contributed by atoms with E-state index in [1.807, 2.05) is 17.0 Å². The van der Waals surface area contributed by atoms with Gasteiger partial charge in [0.05, 0.1) is 12.8 Å². The molecule has 1 atom stereocenters. The number of aromatic nitrogens is 1. The lowest BCUT2D eigenvalue weighted by molar-refractivity contribution is -0.139. The summed E-state index contributed by atoms with van der Waals surface area (Å²) in [4.78, 5) is 18.7. The number of carbonyl (C=O) groups excluding carboxylic acids is 1. The number of carbonyl (C=O) groups is 1. The van der Waals surface area contributed by atoms with Crippen molar-refractivity contribution in [1.82, 2.24) is 14.2 Å². The number of piperidine rings is 2. The van der Waals surface area contributed by atoms with Gasteiger partial charge in [-0.05, 0) is 37.8 Å². The number of amides is 1.